The second-order valence-corrected chi connectivity index (χ2v) is 4.57. The Balaban J connectivity index is 2.19. The molecule has 0 bridgehead atoms. The fraction of sp³-hybridized carbons (Fsp3) is 0.714. The van der Waals surface area contributed by atoms with E-state index in [1.165, 1.54) is 0 Å². The van der Waals surface area contributed by atoms with Gasteiger partial charge in [-0.05, 0) is 51.4 Å². The Morgan fingerprint density at radius 2 is 2.13 bits per heavy atom. The molecule has 0 saturated carbocycles. The van der Waals surface area contributed by atoms with Crippen LogP contribution in [-0.2, 0) is 0 Å². The first-order valence-corrected chi connectivity index (χ1v) is 6.24. The van der Waals surface area contributed by atoms with E-state index in [1.54, 1.807) is 0 Å². The highest BCUT2D eigenvalue weighted by atomic mass is 19.1. The van der Waals surface area contributed by atoms with Gasteiger partial charge in [0.05, 0.1) is 0 Å². The van der Waals surface area contributed by atoms with Gasteiger partial charge in [-0.15, -0.1) is 6.58 Å². The average Bonchev–Trinajstić information content (AvgIpc) is 2.43. The van der Waals surface area contributed by atoms with Crippen LogP contribution in [0.5, 0.6) is 0 Å². The summed E-state index contributed by atoms with van der Waals surface area (Å²) in [5, 5.41) is 0. The summed E-state index contributed by atoms with van der Waals surface area (Å²) in [5.41, 5.74) is -0.995. The van der Waals surface area contributed by atoms with Gasteiger partial charge in [-0.1, -0.05) is 24.6 Å². The molecule has 0 heterocycles. The van der Waals surface area contributed by atoms with Crippen LogP contribution in [0.2, 0.25) is 0 Å². The monoisotopic (exact) mass is 210 g/mol. The predicted molar refractivity (Wildman–Crippen MR) is 64.7 cm³/mol. The SMILES string of the molecule is C=CCCCCCC1(F)C=CCCCC1. The number of rotatable bonds is 6. The Morgan fingerprint density at radius 1 is 1.27 bits per heavy atom. The molecule has 0 aromatic heterocycles. The molecule has 0 nitrogen and oxygen atoms in total. The quantitative estimate of drug-likeness (QED) is 0.429. The average molecular weight is 210 g/mol. The van der Waals surface area contributed by atoms with Crippen LogP contribution in [0, 0.1) is 0 Å². The zero-order valence-corrected chi connectivity index (χ0v) is 9.68. The van der Waals surface area contributed by atoms with Gasteiger partial charge in [-0.25, -0.2) is 4.39 Å². The number of alkyl halides is 1. The number of halogens is 1. The Bertz CT molecular complexity index is 207. The van der Waals surface area contributed by atoms with Crippen molar-refractivity contribution in [1.82, 2.24) is 0 Å². The molecule has 0 amide bonds. The van der Waals surface area contributed by atoms with E-state index in [1.807, 2.05) is 18.2 Å². The highest BCUT2D eigenvalue weighted by molar-refractivity contribution is 5.03. The van der Waals surface area contributed by atoms with Crippen molar-refractivity contribution in [2.24, 2.45) is 0 Å². The van der Waals surface area contributed by atoms with Gasteiger partial charge in [0, 0.05) is 0 Å². The van der Waals surface area contributed by atoms with E-state index in [4.69, 9.17) is 0 Å². The van der Waals surface area contributed by atoms with E-state index >= 15 is 0 Å². The minimum atomic E-state index is -0.995. The minimum Gasteiger partial charge on any atom is -0.239 e. The van der Waals surface area contributed by atoms with E-state index in [0.717, 1.165) is 51.4 Å². The molecule has 0 aromatic rings. The lowest BCUT2D eigenvalue weighted by Crippen LogP contribution is -2.18. The fourth-order valence-corrected chi connectivity index (χ4v) is 2.15. The van der Waals surface area contributed by atoms with E-state index in [0.29, 0.717) is 6.42 Å². The molecule has 0 aromatic carbocycles. The molecule has 1 unspecified atom stereocenters. The third kappa shape index (κ3) is 5.15. The van der Waals surface area contributed by atoms with Crippen LogP contribution < -0.4 is 0 Å². The summed E-state index contributed by atoms with van der Waals surface area (Å²) in [6.07, 6.45) is 14.8. The molecule has 15 heavy (non-hydrogen) atoms. The molecule has 0 radical (unpaired) electrons. The zero-order chi connectivity index (χ0) is 11.0. The van der Waals surface area contributed by atoms with Crippen molar-refractivity contribution >= 4 is 0 Å². The summed E-state index contributed by atoms with van der Waals surface area (Å²) in [6.45, 7) is 3.69. The fourth-order valence-electron chi connectivity index (χ4n) is 2.15. The summed E-state index contributed by atoms with van der Waals surface area (Å²) < 4.78 is 14.2. The lowest BCUT2D eigenvalue weighted by Gasteiger charge is -2.20. The standard InChI is InChI=1S/C14H23F/c1-2-3-4-5-8-11-14(15)12-9-6-7-10-13-14/h2,9,12H,1,3-8,10-11,13H2. The molecular formula is C14H23F. The maximum absolute atomic E-state index is 14.2. The van der Waals surface area contributed by atoms with Crippen LogP contribution in [0.25, 0.3) is 0 Å². The first kappa shape index (κ1) is 12.5. The highest BCUT2D eigenvalue weighted by Crippen LogP contribution is 2.30. The molecule has 0 fully saturated rings. The largest absolute Gasteiger partial charge is 0.239 e. The smallest absolute Gasteiger partial charge is 0.129 e. The molecule has 1 atom stereocenters. The van der Waals surface area contributed by atoms with Crippen molar-refractivity contribution in [3.8, 4) is 0 Å². The highest BCUT2D eigenvalue weighted by Gasteiger charge is 2.25. The van der Waals surface area contributed by atoms with Gasteiger partial charge in [0.1, 0.15) is 5.67 Å². The van der Waals surface area contributed by atoms with E-state index in [2.05, 4.69) is 6.58 Å². The van der Waals surface area contributed by atoms with Crippen LogP contribution in [0.4, 0.5) is 4.39 Å². The van der Waals surface area contributed by atoms with Gasteiger partial charge in [0.15, 0.2) is 0 Å². The van der Waals surface area contributed by atoms with Crippen molar-refractivity contribution in [1.29, 1.82) is 0 Å². The molecule has 1 heteroatoms. The van der Waals surface area contributed by atoms with Gasteiger partial charge >= 0.3 is 0 Å². The normalized spacial score (nSPS) is 26.2. The predicted octanol–water partition coefficient (Wildman–Crippen LogP) is 4.96. The number of hydrogen-bond donors (Lipinski definition) is 0. The third-order valence-electron chi connectivity index (χ3n) is 3.13. The topological polar surface area (TPSA) is 0 Å². The van der Waals surface area contributed by atoms with E-state index in [-0.39, 0.29) is 0 Å². The maximum Gasteiger partial charge on any atom is 0.129 e. The molecular weight excluding hydrogens is 187 g/mol. The second-order valence-electron chi connectivity index (χ2n) is 4.57. The molecule has 1 rings (SSSR count). The van der Waals surface area contributed by atoms with Crippen molar-refractivity contribution in [3.63, 3.8) is 0 Å². The molecule has 0 N–H and O–H groups in total. The van der Waals surface area contributed by atoms with Gasteiger partial charge in [0.25, 0.3) is 0 Å². The van der Waals surface area contributed by atoms with E-state index < -0.39 is 5.67 Å². The minimum absolute atomic E-state index is 0.709. The van der Waals surface area contributed by atoms with Gasteiger partial charge in [-0.3, -0.25) is 0 Å². The van der Waals surface area contributed by atoms with Crippen molar-refractivity contribution in [3.05, 3.63) is 24.8 Å². The number of allylic oxidation sites excluding steroid dienone is 3. The summed E-state index contributed by atoms with van der Waals surface area (Å²) in [4.78, 5) is 0. The molecule has 0 aliphatic heterocycles. The lowest BCUT2D eigenvalue weighted by atomic mass is 9.93. The molecule has 0 spiro atoms. The second kappa shape index (κ2) is 6.81. The van der Waals surface area contributed by atoms with Gasteiger partial charge in [0.2, 0.25) is 0 Å². The Hall–Kier alpha value is -0.590. The van der Waals surface area contributed by atoms with Crippen molar-refractivity contribution in [2.45, 2.75) is 63.5 Å². The first-order valence-electron chi connectivity index (χ1n) is 6.24. The number of hydrogen-bond acceptors (Lipinski definition) is 0. The molecule has 1 aliphatic carbocycles. The van der Waals surface area contributed by atoms with E-state index in [9.17, 15) is 4.39 Å². The molecule has 86 valence electrons. The van der Waals surface area contributed by atoms with Gasteiger partial charge in [-0.2, -0.15) is 0 Å². The summed E-state index contributed by atoms with van der Waals surface area (Å²) in [5.74, 6) is 0. The lowest BCUT2D eigenvalue weighted by molar-refractivity contribution is 0.191. The summed E-state index contributed by atoms with van der Waals surface area (Å²) in [7, 11) is 0. The maximum atomic E-state index is 14.2. The van der Waals surface area contributed by atoms with Crippen LogP contribution in [0.1, 0.15) is 57.8 Å². The third-order valence-corrected chi connectivity index (χ3v) is 3.13. The van der Waals surface area contributed by atoms with Crippen LogP contribution >= 0.6 is 0 Å². The van der Waals surface area contributed by atoms with Crippen molar-refractivity contribution < 1.29 is 4.39 Å². The van der Waals surface area contributed by atoms with Gasteiger partial charge < -0.3 is 0 Å². The number of unbranched alkanes of at least 4 members (excludes halogenated alkanes) is 3. The Labute approximate surface area is 93.3 Å². The van der Waals surface area contributed by atoms with Crippen molar-refractivity contribution in [2.75, 3.05) is 0 Å². The first-order chi connectivity index (χ1) is 7.27. The van der Waals surface area contributed by atoms with Crippen LogP contribution in [-0.4, -0.2) is 5.67 Å². The zero-order valence-electron chi connectivity index (χ0n) is 9.68. The summed E-state index contributed by atoms with van der Waals surface area (Å²) >= 11 is 0. The Morgan fingerprint density at radius 3 is 2.93 bits per heavy atom. The van der Waals surface area contributed by atoms with Crippen LogP contribution in [0.3, 0.4) is 0 Å². The Kier molecular flexibility index (Phi) is 5.67. The molecule has 0 saturated heterocycles. The summed E-state index contributed by atoms with van der Waals surface area (Å²) in [6, 6.07) is 0. The van der Waals surface area contributed by atoms with Crippen LogP contribution in [0.15, 0.2) is 24.8 Å². The molecule has 1 aliphatic rings.